The van der Waals surface area contributed by atoms with Gasteiger partial charge in [-0.15, -0.1) is 0 Å². The molecule has 0 bridgehead atoms. The molecule has 0 aliphatic rings. The van der Waals surface area contributed by atoms with E-state index in [-0.39, 0.29) is 79.7 Å². The topological polar surface area (TPSA) is 240 Å². The van der Waals surface area contributed by atoms with E-state index >= 15 is 0 Å². The zero-order valence-corrected chi connectivity index (χ0v) is 15.8. The summed E-state index contributed by atoms with van der Waals surface area (Å²) in [5.74, 6) is 0. The summed E-state index contributed by atoms with van der Waals surface area (Å²) in [4.78, 5) is 0. The Labute approximate surface area is 143 Å². The minimum absolute atomic E-state index is 0. The molecule has 0 spiro atoms. The molecule has 10 N–H and O–H groups in total. The molecule has 0 aromatic rings. The molecule has 13 heteroatoms. The molecule has 0 saturated heterocycles. The van der Waals surface area contributed by atoms with Gasteiger partial charge in [-0.2, -0.15) is 0 Å². The van der Waals surface area contributed by atoms with Crippen molar-refractivity contribution in [3.63, 3.8) is 0 Å². The van der Waals surface area contributed by atoms with Gasteiger partial charge < -0.3 is 43.1 Å². The SMILES string of the molecule is CC(N)CO.CC(N)CO.O=S(=O)([O-])[O-].[NH2-].[NH2-].[Pt+2].[Pt+2]. The maximum absolute atomic E-state index is 8.52. The minimum Gasteiger partial charge on any atom is -0.759 e. The van der Waals surface area contributed by atoms with E-state index in [4.69, 9.17) is 39.2 Å². The number of aliphatic hydroxyl groups is 2. The molecule has 0 aromatic carbocycles. The Morgan fingerprint density at radius 2 is 1.00 bits per heavy atom. The van der Waals surface area contributed by atoms with Crippen molar-refractivity contribution in [2.24, 2.45) is 11.5 Å². The molecule has 2 unspecified atom stereocenters. The molecule has 2 atom stereocenters. The summed E-state index contributed by atoms with van der Waals surface area (Å²) < 4.78 is 34.1. The first kappa shape index (κ1) is 42.7. The molecule has 0 radical (unpaired) electrons. The minimum atomic E-state index is -5.17. The molecule has 0 aliphatic carbocycles. The van der Waals surface area contributed by atoms with Crippen LogP contribution in [0.5, 0.6) is 0 Å². The van der Waals surface area contributed by atoms with Crippen molar-refractivity contribution in [1.29, 1.82) is 0 Å². The standard InChI is InChI=1S/2C3H9NO.2H2N.H2O4S.2Pt/c2*1-3(4)2-5;;;1-5(2,3)4;;/h2*3,5H,2,4H2,1H3;2*1H2;(H2,1,2,3,4);;/q;;2*-1;;2*+2/p-2. The Kier molecular flexibility index (Phi) is 61.5. The Bertz CT molecular complexity index is 202. The molecular formula is C6H22N4O6Pt2S. The van der Waals surface area contributed by atoms with Crippen molar-refractivity contribution < 1.29 is 69.9 Å². The quantitative estimate of drug-likeness (QED) is 0.204. The number of rotatable bonds is 2. The van der Waals surface area contributed by atoms with E-state index in [0.717, 1.165) is 0 Å². The van der Waals surface area contributed by atoms with Gasteiger partial charge in [0, 0.05) is 22.5 Å². The van der Waals surface area contributed by atoms with Crippen molar-refractivity contribution in [2.45, 2.75) is 25.9 Å². The van der Waals surface area contributed by atoms with E-state index in [1.54, 1.807) is 13.8 Å². The molecule has 0 rings (SSSR count). The Morgan fingerprint density at radius 3 is 1.00 bits per heavy atom. The predicted octanol–water partition coefficient (Wildman–Crippen LogP) is -1.26. The summed E-state index contributed by atoms with van der Waals surface area (Å²) in [6, 6.07) is -0.120. The fourth-order valence-corrected chi connectivity index (χ4v) is 0. The van der Waals surface area contributed by atoms with Gasteiger partial charge in [0.25, 0.3) is 0 Å². The van der Waals surface area contributed by atoms with Crippen LogP contribution in [0.1, 0.15) is 13.8 Å². The fourth-order valence-electron chi connectivity index (χ4n) is 0. The van der Waals surface area contributed by atoms with Crippen LogP contribution in [0.15, 0.2) is 0 Å². The van der Waals surface area contributed by atoms with Crippen LogP contribution in [0.25, 0.3) is 12.3 Å². The maximum atomic E-state index is 8.52. The Hall–Kier alpha value is 1.01. The Balaban J connectivity index is -0.0000000206. The van der Waals surface area contributed by atoms with Crippen LogP contribution >= 0.6 is 0 Å². The average molecular weight is 668 g/mol. The molecule has 0 saturated carbocycles. The molecule has 128 valence electrons. The van der Waals surface area contributed by atoms with Crippen molar-refractivity contribution in [3.8, 4) is 0 Å². The Morgan fingerprint density at radius 1 is 0.947 bits per heavy atom. The first-order valence-corrected chi connectivity index (χ1v) is 5.27. The van der Waals surface area contributed by atoms with E-state index in [1.165, 1.54) is 0 Å². The van der Waals surface area contributed by atoms with Gasteiger partial charge in [0.05, 0.1) is 13.2 Å². The summed E-state index contributed by atoms with van der Waals surface area (Å²) in [6.45, 7) is 3.67. The van der Waals surface area contributed by atoms with Crippen molar-refractivity contribution in [1.82, 2.24) is 0 Å². The van der Waals surface area contributed by atoms with Gasteiger partial charge >= 0.3 is 42.1 Å². The average Bonchev–Trinajstić information content (AvgIpc) is 2.02. The third-order valence-corrected chi connectivity index (χ3v) is 0.576. The van der Waals surface area contributed by atoms with Crippen LogP contribution in [0, 0.1) is 0 Å². The first-order valence-electron chi connectivity index (χ1n) is 3.94. The van der Waals surface area contributed by atoms with Gasteiger partial charge in [-0.3, -0.25) is 8.42 Å². The second kappa shape index (κ2) is 27.4. The number of aliphatic hydroxyl groups excluding tert-OH is 2. The maximum Gasteiger partial charge on any atom is 2.00 e. The molecule has 0 heterocycles. The monoisotopic (exact) mass is 668 g/mol. The van der Waals surface area contributed by atoms with Crippen LogP contribution in [-0.2, 0) is 52.5 Å². The van der Waals surface area contributed by atoms with Gasteiger partial charge in [-0.1, -0.05) is 0 Å². The van der Waals surface area contributed by atoms with Gasteiger partial charge in [0.2, 0.25) is 0 Å². The smallest absolute Gasteiger partial charge is 0.759 e. The summed E-state index contributed by atoms with van der Waals surface area (Å²) in [5.41, 5.74) is 10.1. The summed E-state index contributed by atoms with van der Waals surface area (Å²) in [5, 5.41) is 16.0. The zero-order chi connectivity index (χ0) is 13.1. The largest absolute Gasteiger partial charge is 2.00 e. The molecular weight excluding hydrogens is 646 g/mol. The van der Waals surface area contributed by atoms with E-state index in [1.807, 2.05) is 0 Å². The summed E-state index contributed by atoms with van der Waals surface area (Å²) in [7, 11) is -5.17. The molecule has 0 aromatic heterocycles. The molecule has 0 fully saturated rings. The normalized spacial score (nSPS) is 10.9. The third kappa shape index (κ3) is 219. The van der Waals surface area contributed by atoms with Crippen LogP contribution in [0.4, 0.5) is 0 Å². The van der Waals surface area contributed by atoms with Crippen molar-refractivity contribution in [2.75, 3.05) is 13.2 Å². The molecule has 0 aliphatic heterocycles. The number of hydrogen-bond donors (Lipinski definition) is 4. The van der Waals surface area contributed by atoms with Crippen LogP contribution in [0.3, 0.4) is 0 Å². The van der Waals surface area contributed by atoms with E-state index in [9.17, 15) is 0 Å². The third-order valence-electron chi connectivity index (χ3n) is 0.576. The molecule has 19 heavy (non-hydrogen) atoms. The van der Waals surface area contributed by atoms with Gasteiger partial charge in [0.1, 0.15) is 0 Å². The van der Waals surface area contributed by atoms with Crippen molar-refractivity contribution >= 4 is 10.4 Å². The summed E-state index contributed by atoms with van der Waals surface area (Å²) in [6.07, 6.45) is 0. The van der Waals surface area contributed by atoms with Crippen molar-refractivity contribution in [3.05, 3.63) is 12.3 Å². The van der Waals surface area contributed by atoms with Gasteiger partial charge in [-0.25, -0.2) is 0 Å². The van der Waals surface area contributed by atoms with E-state index < -0.39 is 10.4 Å². The molecule has 10 nitrogen and oxygen atoms in total. The van der Waals surface area contributed by atoms with E-state index in [0.29, 0.717) is 0 Å². The second-order valence-electron chi connectivity index (χ2n) is 2.73. The second-order valence-corrected chi connectivity index (χ2v) is 3.54. The van der Waals surface area contributed by atoms with Gasteiger partial charge in [0.15, 0.2) is 0 Å². The fraction of sp³-hybridized carbons (Fsp3) is 1.00. The van der Waals surface area contributed by atoms with Gasteiger partial charge in [-0.05, 0) is 13.8 Å². The first-order chi connectivity index (χ1) is 6.54. The van der Waals surface area contributed by atoms with E-state index in [2.05, 4.69) is 0 Å². The summed E-state index contributed by atoms with van der Waals surface area (Å²) >= 11 is 0. The number of hydrogen-bond acceptors (Lipinski definition) is 8. The van der Waals surface area contributed by atoms with Crippen LogP contribution < -0.4 is 11.5 Å². The van der Waals surface area contributed by atoms with Crippen LogP contribution in [-0.4, -0.2) is 53.0 Å². The number of nitrogens with two attached hydrogens (primary N) is 4. The zero-order valence-electron chi connectivity index (χ0n) is 10.4. The van der Waals surface area contributed by atoms with Crippen LogP contribution in [0.2, 0.25) is 0 Å². The molecule has 0 amide bonds. The predicted molar refractivity (Wildman–Crippen MR) is 62.5 cm³/mol.